The fourth-order valence-electron chi connectivity index (χ4n) is 10.7. The Kier molecular flexibility index (Phi) is 4.92. The van der Waals surface area contributed by atoms with Gasteiger partial charge in [-0.1, -0.05) is 66.0 Å². The Bertz CT molecular complexity index is 843. The number of rotatable bonds is 1. The first kappa shape index (κ1) is 22.9. The minimum atomic E-state index is -0.539. The zero-order valence-electron chi connectivity index (χ0n) is 21.3. The lowest BCUT2D eigenvalue weighted by Crippen LogP contribution is -2.65. The van der Waals surface area contributed by atoms with Gasteiger partial charge in [-0.05, 0) is 96.7 Å². The molecular weight excluding hydrogens is 396 g/mol. The van der Waals surface area contributed by atoms with Crippen LogP contribution >= 0.6 is 0 Å². The van der Waals surface area contributed by atoms with Gasteiger partial charge in [-0.25, -0.2) is 0 Å². The molecule has 4 fully saturated rings. The molecule has 4 saturated carbocycles. The van der Waals surface area contributed by atoms with E-state index in [9.17, 15) is 15.0 Å². The summed E-state index contributed by atoms with van der Waals surface area (Å²) in [6.07, 6.45) is 12.9. The second-order valence-electron chi connectivity index (χ2n) is 14.0. The average Bonchev–Trinajstić information content (AvgIpc) is 2.71. The van der Waals surface area contributed by atoms with Crippen molar-refractivity contribution in [3.63, 3.8) is 0 Å². The zero-order chi connectivity index (χ0) is 23.3. The number of carboxylic acids is 1. The molecule has 0 heterocycles. The van der Waals surface area contributed by atoms with Gasteiger partial charge in [-0.15, -0.1) is 0 Å². The second-order valence-corrected chi connectivity index (χ2v) is 14.0. The number of hydrogen-bond donors (Lipinski definition) is 2. The van der Waals surface area contributed by atoms with E-state index in [1.54, 1.807) is 0 Å². The number of aliphatic hydroxyl groups is 1. The lowest BCUT2D eigenvalue weighted by molar-refractivity contribution is -0.205. The maximum atomic E-state index is 12.7. The van der Waals surface area contributed by atoms with Gasteiger partial charge in [-0.3, -0.25) is 4.79 Å². The predicted octanol–water partition coefficient (Wildman–Crippen LogP) is 6.84. The van der Waals surface area contributed by atoms with E-state index < -0.39 is 11.4 Å². The van der Waals surface area contributed by atoms with Gasteiger partial charge in [0.05, 0.1) is 11.5 Å². The largest absolute Gasteiger partial charge is 0.481 e. The van der Waals surface area contributed by atoms with Crippen LogP contribution in [0.5, 0.6) is 0 Å². The van der Waals surface area contributed by atoms with Crippen molar-refractivity contribution in [2.75, 3.05) is 0 Å². The SMILES string of the molecule is C[C@H]1CCC[C@]2(C(=O)O)CC[C@]3(C)C(=CC[C@@H]4[C@@]5(C)CC[C@H](O)C(C)(C)[C@H]5CC[C@]43C)[C@@H]12. The summed E-state index contributed by atoms with van der Waals surface area (Å²) in [5.41, 5.74) is 1.52. The van der Waals surface area contributed by atoms with Crippen LogP contribution in [0.25, 0.3) is 0 Å². The number of allylic oxidation sites excluding steroid dienone is 2. The number of hydrogen-bond acceptors (Lipinski definition) is 2. The number of carboxylic acid groups (broad SMARTS) is 1. The monoisotopic (exact) mass is 442 g/mol. The highest BCUT2D eigenvalue weighted by Crippen LogP contribution is 2.75. The molecule has 32 heavy (non-hydrogen) atoms. The van der Waals surface area contributed by atoms with E-state index in [0.29, 0.717) is 17.8 Å². The number of aliphatic hydroxyl groups excluding tert-OH is 1. The summed E-state index contributed by atoms with van der Waals surface area (Å²) in [7, 11) is 0. The maximum Gasteiger partial charge on any atom is 0.310 e. The molecule has 9 atom stereocenters. The molecule has 0 bridgehead atoms. The normalized spacial score (nSPS) is 54.3. The van der Waals surface area contributed by atoms with Gasteiger partial charge < -0.3 is 10.2 Å². The molecule has 0 aromatic carbocycles. The molecule has 0 saturated heterocycles. The molecule has 0 aromatic heterocycles. The molecule has 0 aromatic rings. The van der Waals surface area contributed by atoms with Crippen LogP contribution in [0.1, 0.15) is 106 Å². The Labute approximate surface area is 195 Å². The van der Waals surface area contributed by atoms with Gasteiger partial charge in [0.15, 0.2) is 0 Å². The standard InChI is InChI=1S/C29H46O3/c1-18-8-7-13-29(24(31)32)17-16-27(5)19(23(18)29)9-10-21-26(4)14-12-22(30)25(2,3)20(26)11-15-28(21,27)6/h9,18,20-23,30H,7-8,10-17H2,1-6H3,(H,31,32)/t18-,20+,21+,22-,23+,26-,27+,28+,29-/m0/s1. The van der Waals surface area contributed by atoms with Crippen LogP contribution in [0.4, 0.5) is 0 Å². The lowest BCUT2D eigenvalue weighted by Gasteiger charge is -2.71. The Morgan fingerprint density at radius 2 is 1.66 bits per heavy atom. The maximum absolute atomic E-state index is 12.7. The summed E-state index contributed by atoms with van der Waals surface area (Å²) in [6, 6.07) is 0. The van der Waals surface area contributed by atoms with Gasteiger partial charge in [0.2, 0.25) is 0 Å². The highest BCUT2D eigenvalue weighted by molar-refractivity contribution is 5.76. The first-order chi connectivity index (χ1) is 14.8. The molecule has 0 aliphatic heterocycles. The van der Waals surface area contributed by atoms with E-state index in [4.69, 9.17) is 0 Å². The van der Waals surface area contributed by atoms with Crippen molar-refractivity contribution in [3.05, 3.63) is 11.6 Å². The first-order valence-corrected chi connectivity index (χ1v) is 13.5. The highest BCUT2D eigenvalue weighted by Gasteiger charge is 2.69. The topological polar surface area (TPSA) is 57.5 Å². The molecule has 0 radical (unpaired) electrons. The highest BCUT2D eigenvalue weighted by atomic mass is 16.4. The molecule has 3 heteroatoms. The van der Waals surface area contributed by atoms with E-state index in [-0.39, 0.29) is 33.7 Å². The fourth-order valence-corrected chi connectivity index (χ4v) is 10.7. The molecule has 5 aliphatic carbocycles. The smallest absolute Gasteiger partial charge is 0.310 e. The van der Waals surface area contributed by atoms with Crippen LogP contribution < -0.4 is 0 Å². The number of carbonyl (C=O) groups is 1. The van der Waals surface area contributed by atoms with Crippen molar-refractivity contribution < 1.29 is 15.0 Å². The van der Waals surface area contributed by atoms with E-state index in [0.717, 1.165) is 44.9 Å². The van der Waals surface area contributed by atoms with Crippen LogP contribution in [0.3, 0.4) is 0 Å². The summed E-state index contributed by atoms with van der Waals surface area (Å²) in [5, 5.41) is 21.3. The Morgan fingerprint density at radius 3 is 2.34 bits per heavy atom. The third kappa shape index (κ3) is 2.56. The van der Waals surface area contributed by atoms with Gasteiger partial charge in [0.1, 0.15) is 0 Å². The molecule has 3 nitrogen and oxygen atoms in total. The van der Waals surface area contributed by atoms with Crippen LogP contribution in [0, 0.1) is 50.7 Å². The van der Waals surface area contributed by atoms with Crippen LogP contribution in [0.2, 0.25) is 0 Å². The lowest BCUT2D eigenvalue weighted by atomic mass is 9.33. The first-order valence-electron chi connectivity index (χ1n) is 13.5. The molecule has 0 amide bonds. The summed E-state index contributed by atoms with van der Waals surface area (Å²) in [6.45, 7) is 14.6. The number of fused-ring (bicyclic) bond motifs is 7. The predicted molar refractivity (Wildman–Crippen MR) is 128 cm³/mol. The fraction of sp³-hybridized carbons (Fsp3) is 0.897. The summed E-state index contributed by atoms with van der Waals surface area (Å²) >= 11 is 0. The molecule has 0 spiro atoms. The molecule has 0 unspecified atom stereocenters. The molecular formula is C29H46O3. The van der Waals surface area contributed by atoms with Crippen LogP contribution in [-0.4, -0.2) is 22.3 Å². The third-order valence-corrected chi connectivity index (χ3v) is 12.8. The van der Waals surface area contributed by atoms with Crippen molar-refractivity contribution in [3.8, 4) is 0 Å². The number of aliphatic carboxylic acids is 1. The van der Waals surface area contributed by atoms with Crippen molar-refractivity contribution in [1.82, 2.24) is 0 Å². The van der Waals surface area contributed by atoms with Crippen molar-refractivity contribution >= 4 is 5.97 Å². The van der Waals surface area contributed by atoms with Crippen molar-refractivity contribution in [1.29, 1.82) is 0 Å². The van der Waals surface area contributed by atoms with Crippen LogP contribution in [-0.2, 0) is 4.79 Å². The zero-order valence-corrected chi connectivity index (χ0v) is 21.3. The van der Waals surface area contributed by atoms with Crippen molar-refractivity contribution in [2.45, 2.75) is 112 Å². The van der Waals surface area contributed by atoms with E-state index >= 15 is 0 Å². The molecule has 5 aliphatic rings. The molecule has 180 valence electrons. The van der Waals surface area contributed by atoms with Gasteiger partial charge in [0, 0.05) is 0 Å². The van der Waals surface area contributed by atoms with Gasteiger partial charge in [0.25, 0.3) is 0 Å². The minimum Gasteiger partial charge on any atom is -0.481 e. The van der Waals surface area contributed by atoms with Crippen molar-refractivity contribution in [2.24, 2.45) is 50.7 Å². The van der Waals surface area contributed by atoms with E-state index in [1.165, 1.54) is 24.8 Å². The Morgan fingerprint density at radius 1 is 0.938 bits per heavy atom. The molecule has 2 N–H and O–H groups in total. The van der Waals surface area contributed by atoms with E-state index in [2.05, 4.69) is 47.6 Å². The van der Waals surface area contributed by atoms with E-state index in [1.807, 2.05) is 0 Å². The summed E-state index contributed by atoms with van der Waals surface area (Å²) < 4.78 is 0. The molecule has 5 rings (SSSR count). The van der Waals surface area contributed by atoms with Gasteiger partial charge in [-0.2, -0.15) is 0 Å². The third-order valence-electron chi connectivity index (χ3n) is 12.8. The Balaban J connectivity index is 1.60. The summed E-state index contributed by atoms with van der Waals surface area (Å²) in [4.78, 5) is 12.7. The van der Waals surface area contributed by atoms with Gasteiger partial charge >= 0.3 is 5.97 Å². The summed E-state index contributed by atoms with van der Waals surface area (Å²) in [5.74, 6) is 1.31. The minimum absolute atomic E-state index is 0.0257. The van der Waals surface area contributed by atoms with Crippen LogP contribution in [0.15, 0.2) is 11.6 Å². The second kappa shape index (κ2) is 6.86. The Hall–Kier alpha value is -0.830. The average molecular weight is 443 g/mol. The quantitative estimate of drug-likeness (QED) is 0.437.